The van der Waals surface area contributed by atoms with Gasteiger partial charge in [0, 0.05) is 0 Å². The highest BCUT2D eigenvalue weighted by Crippen LogP contribution is 2.55. The molecule has 0 N–H and O–H groups in total. The molecule has 1 aliphatic carbocycles. The maximum absolute atomic E-state index is 12.4. The summed E-state index contributed by atoms with van der Waals surface area (Å²) in [5.74, 6) is -9.88. The van der Waals surface area contributed by atoms with Crippen LogP contribution in [0.1, 0.15) is 34.6 Å². The Bertz CT molecular complexity index is 625. The maximum atomic E-state index is 12.4. The van der Waals surface area contributed by atoms with E-state index >= 15 is 0 Å². The van der Waals surface area contributed by atoms with Gasteiger partial charge in [0.05, 0.1) is 0 Å². The molecule has 0 amide bonds. The molecule has 0 spiro atoms. The SMILES string of the molecule is CC(=O)C1C(=O)C(=O)C(C(C)=O)(C(C)=O)C1(C(C)=O)C(C)=O. The van der Waals surface area contributed by atoms with E-state index in [1.165, 1.54) is 0 Å². The monoisotopic (exact) mass is 308 g/mol. The second-order valence-electron chi connectivity index (χ2n) is 5.52. The minimum Gasteiger partial charge on any atom is -0.299 e. The first-order valence-corrected chi connectivity index (χ1v) is 6.54. The third-order valence-electron chi connectivity index (χ3n) is 4.42. The molecular formula is C15H16O7. The van der Waals surface area contributed by atoms with Crippen LogP contribution in [0.5, 0.6) is 0 Å². The summed E-state index contributed by atoms with van der Waals surface area (Å²) in [7, 11) is 0. The third-order valence-corrected chi connectivity index (χ3v) is 4.42. The zero-order valence-corrected chi connectivity index (χ0v) is 12.9. The van der Waals surface area contributed by atoms with Crippen LogP contribution >= 0.6 is 0 Å². The summed E-state index contributed by atoms with van der Waals surface area (Å²) >= 11 is 0. The quantitative estimate of drug-likeness (QED) is 0.504. The molecule has 0 aromatic rings. The van der Waals surface area contributed by atoms with Gasteiger partial charge in [0.1, 0.15) is 28.7 Å². The van der Waals surface area contributed by atoms with E-state index in [4.69, 9.17) is 0 Å². The number of ketones is 7. The molecule has 0 radical (unpaired) electrons. The van der Waals surface area contributed by atoms with E-state index in [0.717, 1.165) is 34.6 Å². The summed E-state index contributed by atoms with van der Waals surface area (Å²) < 4.78 is 0. The minimum absolute atomic E-state index is 0.857. The minimum atomic E-state index is -2.75. The molecule has 0 saturated heterocycles. The number of carbonyl (C=O) groups is 7. The standard InChI is InChI=1S/C15H16O7/c1-6(16)11-12(21)13(22)15(9(4)19,10(5)20)14(11,7(2)17)8(3)18/h11H,1-5H3. The molecule has 0 aromatic carbocycles. The normalized spacial score (nSPS) is 22.3. The number of rotatable bonds is 5. The van der Waals surface area contributed by atoms with Gasteiger partial charge in [-0.25, -0.2) is 0 Å². The Hall–Kier alpha value is -2.31. The second kappa shape index (κ2) is 5.15. The van der Waals surface area contributed by atoms with Crippen LogP contribution in [0.15, 0.2) is 0 Å². The summed E-state index contributed by atoms with van der Waals surface area (Å²) in [6, 6.07) is 0. The third kappa shape index (κ3) is 1.65. The summed E-state index contributed by atoms with van der Waals surface area (Å²) in [6.45, 7) is 4.44. The molecule has 0 aliphatic heterocycles. The Labute approximate surface area is 126 Å². The van der Waals surface area contributed by atoms with Crippen LogP contribution in [0.4, 0.5) is 0 Å². The number of Topliss-reactive ketones (excluding diaryl/α,β-unsaturated/α-hetero) is 7. The first-order chi connectivity index (χ1) is 9.91. The number of hydrogen-bond donors (Lipinski definition) is 0. The van der Waals surface area contributed by atoms with Crippen LogP contribution in [-0.2, 0) is 33.6 Å². The predicted molar refractivity (Wildman–Crippen MR) is 71.8 cm³/mol. The molecule has 7 heteroatoms. The molecule has 1 saturated carbocycles. The van der Waals surface area contributed by atoms with Crippen molar-refractivity contribution in [2.24, 2.45) is 16.7 Å². The van der Waals surface area contributed by atoms with Gasteiger partial charge in [-0.15, -0.1) is 0 Å². The van der Waals surface area contributed by atoms with Crippen molar-refractivity contribution in [1.82, 2.24) is 0 Å². The van der Waals surface area contributed by atoms with Crippen LogP contribution in [0.25, 0.3) is 0 Å². The van der Waals surface area contributed by atoms with Crippen molar-refractivity contribution in [2.75, 3.05) is 0 Å². The Balaban J connectivity index is 4.16. The van der Waals surface area contributed by atoms with Crippen molar-refractivity contribution < 1.29 is 33.6 Å². The zero-order valence-electron chi connectivity index (χ0n) is 12.9. The molecule has 0 aromatic heterocycles. The van der Waals surface area contributed by atoms with E-state index in [1.54, 1.807) is 0 Å². The van der Waals surface area contributed by atoms with Gasteiger partial charge in [0.25, 0.3) is 0 Å². The Kier molecular flexibility index (Phi) is 4.16. The molecule has 1 rings (SSSR count). The summed E-state index contributed by atoms with van der Waals surface area (Å²) in [5, 5.41) is 0. The summed E-state index contributed by atoms with van der Waals surface area (Å²) in [4.78, 5) is 85.3. The van der Waals surface area contributed by atoms with Crippen LogP contribution in [-0.4, -0.2) is 40.5 Å². The topological polar surface area (TPSA) is 119 Å². The average Bonchev–Trinajstić information content (AvgIpc) is 2.56. The van der Waals surface area contributed by atoms with Gasteiger partial charge in [-0.05, 0) is 34.6 Å². The highest BCUT2D eigenvalue weighted by molar-refractivity contribution is 6.58. The smallest absolute Gasteiger partial charge is 0.221 e. The Morgan fingerprint density at radius 3 is 1.32 bits per heavy atom. The fourth-order valence-corrected chi connectivity index (χ4v) is 3.70. The van der Waals surface area contributed by atoms with E-state index in [9.17, 15) is 33.6 Å². The molecule has 1 atom stereocenters. The van der Waals surface area contributed by atoms with Gasteiger partial charge < -0.3 is 0 Å². The maximum Gasteiger partial charge on any atom is 0.221 e. The van der Waals surface area contributed by atoms with Gasteiger partial charge in [-0.3, -0.25) is 33.6 Å². The summed E-state index contributed by atoms with van der Waals surface area (Å²) in [6.07, 6.45) is 0. The van der Waals surface area contributed by atoms with Crippen molar-refractivity contribution in [3.05, 3.63) is 0 Å². The Morgan fingerprint density at radius 2 is 1.09 bits per heavy atom. The average molecular weight is 308 g/mol. The lowest BCUT2D eigenvalue weighted by Crippen LogP contribution is -2.61. The van der Waals surface area contributed by atoms with Crippen molar-refractivity contribution in [2.45, 2.75) is 34.6 Å². The molecule has 0 heterocycles. The van der Waals surface area contributed by atoms with E-state index in [1.807, 2.05) is 0 Å². The van der Waals surface area contributed by atoms with Crippen LogP contribution < -0.4 is 0 Å². The van der Waals surface area contributed by atoms with Gasteiger partial charge in [0.2, 0.25) is 11.6 Å². The second-order valence-corrected chi connectivity index (χ2v) is 5.52. The predicted octanol–water partition coefficient (Wildman–Crippen LogP) is -0.328. The first-order valence-electron chi connectivity index (χ1n) is 6.54. The fourth-order valence-electron chi connectivity index (χ4n) is 3.70. The molecule has 22 heavy (non-hydrogen) atoms. The van der Waals surface area contributed by atoms with E-state index in [0.29, 0.717) is 0 Å². The highest BCUT2D eigenvalue weighted by Gasteiger charge is 2.79. The van der Waals surface area contributed by atoms with Crippen LogP contribution in [0.2, 0.25) is 0 Å². The van der Waals surface area contributed by atoms with Gasteiger partial charge in [-0.1, -0.05) is 0 Å². The molecular weight excluding hydrogens is 292 g/mol. The van der Waals surface area contributed by atoms with Gasteiger partial charge in [-0.2, -0.15) is 0 Å². The lowest BCUT2D eigenvalue weighted by atomic mass is 9.54. The highest BCUT2D eigenvalue weighted by atomic mass is 16.2. The molecule has 0 bridgehead atoms. The fraction of sp³-hybridized carbons (Fsp3) is 0.533. The molecule has 1 aliphatic rings. The molecule has 1 unspecified atom stereocenters. The largest absolute Gasteiger partial charge is 0.299 e. The molecule has 1 fully saturated rings. The van der Waals surface area contributed by atoms with E-state index < -0.39 is 57.2 Å². The van der Waals surface area contributed by atoms with E-state index in [2.05, 4.69) is 0 Å². The summed E-state index contributed by atoms with van der Waals surface area (Å²) in [5.41, 5.74) is -5.34. The zero-order chi connectivity index (χ0) is 17.6. The lowest BCUT2D eigenvalue weighted by Gasteiger charge is -2.39. The number of carbonyl (C=O) groups excluding carboxylic acids is 7. The van der Waals surface area contributed by atoms with Gasteiger partial charge in [0.15, 0.2) is 17.0 Å². The first kappa shape index (κ1) is 17.7. The van der Waals surface area contributed by atoms with Crippen LogP contribution in [0, 0.1) is 16.7 Å². The number of hydrogen-bond acceptors (Lipinski definition) is 7. The van der Waals surface area contributed by atoms with Gasteiger partial charge >= 0.3 is 0 Å². The Morgan fingerprint density at radius 1 is 0.727 bits per heavy atom. The van der Waals surface area contributed by atoms with Crippen LogP contribution in [0.3, 0.4) is 0 Å². The molecule has 7 nitrogen and oxygen atoms in total. The van der Waals surface area contributed by atoms with Crippen molar-refractivity contribution >= 4 is 40.5 Å². The lowest BCUT2D eigenvalue weighted by molar-refractivity contribution is -0.166. The van der Waals surface area contributed by atoms with E-state index in [-0.39, 0.29) is 0 Å². The van der Waals surface area contributed by atoms with Crippen molar-refractivity contribution in [3.63, 3.8) is 0 Å². The molecule has 118 valence electrons. The van der Waals surface area contributed by atoms with Crippen molar-refractivity contribution in [3.8, 4) is 0 Å². The van der Waals surface area contributed by atoms with Crippen molar-refractivity contribution in [1.29, 1.82) is 0 Å².